The van der Waals surface area contributed by atoms with Gasteiger partial charge in [-0.1, -0.05) is 25.1 Å². The van der Waals surface area contributed by atoms with Crippen molar-refractivity contribution in [3.8, 4) is 0 Å². The van der Waals surface area contributed by atoms with Crippen LogP contribution in [0.5, 0.6) is 0 Å². The summed E-state index contributed by atoms with van der Waals surface area (Å²) in [5.41, 5.74) is -4.79. The Balaban J connectivity index is 1.53. The van der Waals surface area contributed by atoms with Gasteiger partial charge in [-0.3, -0.25) is 9.69 Å². The lowest BCUT2D eigenvalue weighted by Crippen LogP contribution is -2.81. The molecule has 1 aromatic rings. The molecule has 7 bridgehead atoms. The first kappa shape index (κ1) is 32.4. The van der Waals surface area contributed by atoms with Crippen LogP contribution in [0.4, 0.5) is 0 Å². The van der Waals surface area contributed by atoms with Gasteiger partial charge in [-0.15, -0.1) is 0 Å². The number of carbonyl (C=O) groups excluding carboxylic acids is 2. The monoisotopic (exact) mass is 645 g/mol. The highest BCUT2D eigenvalue weighted by Gasteiger charge is 2.92. The van der Waals surface area contributed by atoms with E-state index in [1.54, 1.807) is 51.7 Å². The molecule has 3 N–H and O–H groups in total. The number of aliphatic hydroxyl groups excluding tert-OH is 2. The number of carbonyl (C=O) groups is 2. The molecule has 0 aromatic heterocycles. The molecule has 6 aliphatic rings. The molecule has 12 nitrogen and oxygen atoms in total. The highest BCUT2D eigenvalue weighted by atomic mass is 16.6. The molecule has 5 unspecified atom stereocenters. The number of piperidine rings is 1. The maximum Gasteiger partial charge on any atom is 0.338 e. The van der Waals surface area contributed by atoms with Crippen LogP contribution in [0.1, 0.15) is 37.0 Å². The van der Waals surface area contributed by atoms with Gasteiger partial charge in [0.15, 0.2) is 5.60 Å². The summed E-state index contributed by atoms with van der Waals surface area (Å²) < 4.78 is 37.4. The van der Waals surface area contributed by atoms with E-state index in [1.807, 2.05) is 6.92 Å². The summed E-state index contributed by atoms with van der Waals surface area (Å²) in [4.78, 5) is 29.3. The molecule has 0 amide bonds. The quantitative estimate of drug-likeness (QED) is 0.323. The summed E-state index contributed by atoms with van der Waals surface area (Å²) in [6, 6.07) is 8.18. The van der Waals surface area contributed by atoms with Gasteiger partial charge in [0.25, 0.3) is 0 Å². The van der Waals surface area contributed by atoms with Crippen LogP contribution in [-0.2, 0) is 33.2 Å². The summed E-state index contributed by atoms with van der Waals surface area (Å²) >= 11 is 0. The van der Waals surface area contributed by atoms with E-state index in [-0.39, 0.29) is 25.0 Å². The zero-order valence-corrected chi connectivity index (χ0v) is 27.3. The van der Waals surface area contributed by atoms with Gasteiger partial charge in [0.1, 0.15) is 23.9 Å². The van der Waals surface area contributed by atoms with E-state index in [0.717, 1.165) is 0 Å². The van der Waals surface area contributed by atoms with Crippen LogP contribution in [0.25, 0.3) is 0 Å². The molecular weight excluding hydrogens is 598 g/mol. The van der Waals surface area contributed by atoms with Crippen LogP contribution in [0.3, 0.4) is 0 Å². The number of benzene rings is 1. The van der Waals surface area contributed by atoms with E-state index < -0.39 is 88.3 Å². The highest BCUT2D eigenvalue weighted by Crippen LogP contribution is 2.80. The number of hydrogen-bond acceptors (Lipinski definition) is 12. The fourth-order valence-corrected chi connectivity index (χ4v) is 12.3. The Morgan fingerprint density at radius 1 is 1.00 bits per heavy atom. The maximum atomic E-state index is 13.8. The minimum Gasteiger partial charge on any atom is -0.455 e. The Morgan fingerprint density at radius 2 is 1.72 bits per heavy atom. The fraction of sp³-hybridized carbons (Fsp3) is 0.765. The number of esters is 2. The number of hydrogen-bond donors (Lipinski definition) is 3. The first-order chi connectivity index (χ1) is 22.0. The zero-order chi connectivity index (χ0) is 33.0. The molecule has 1 aliphatic heterocycles. The molecule has 5 saturated carbocycles. The SMILES string of the molecule is CCN1C[C@]2(COC)[C@H](O)CC(OC)C34C1C(C(OC)[C@@H]32)[C@]1(OC(C)=O)[C@@H]2[C@H]4C[C@@](O)([C@@H]2OC(=O)c2ccccc2)[C@@H](OC)[C@@H]1O. The predicted molar refractivity (Wildman–Crippen MR) is 160 cm³/mol. The van der Waals surface area contributed by atoms with Crippen LogP contribution in [0.15, 0.2) is 30.3 Å². The Morgan fingerprint density at radius 3 is 2.30 bits per heavy atom. The van der Waals surface area contributed by atoms with Crippen molar-refractivity contribution in [2.24, 2.45) is 34.5 Å². The lowest BCUT2D eigenvalue weighted by atomic mass is 9.42. The van der Waals surface area contributed by atoms with Crippen LogP contribution < -0.4 is 0 Å². The lowest BCUT2D eigenvalue weighted by molar-refractivity contribution is -0.322. The molecule has 1 spiro atoms. The standard InChI is InChI=1S/C34H47NO11/c1-7-35-15-31(16-41-3)20(37)13-21(42-4)33-19-14-32(40)28(45-30(39)18-11-9-8-10-12-18)22(19)34(46-17(2)36,27(38)29(32)44-6)23(26(33)35)24(43-5)25(31)33/h8-12,19-29,37-38,40H,7,13-16H2,1-6H3/t19-,20-,21?,22-,23?,24?,25-,26?,27+,28-,29+,31+,32-,33?,34-/m1/s1. The van der Waals surface area contributed by atoms with Gasteiger partial charge in [0.2, 0.25) is 0 Å². The molecule has 1 heterocycles. The second-order valence-electron chi connectivity index (χ2n) is 14.4. The Hall–Kier alpha value is -2.16. The van der Waals surface area contributed by atoms with E-state index >= 15 is 0 Å². The first-order valence-electron chi connectivity index (χ1n) is 16.3. The smallest absolute Gasteiger partial charge is 0.338 e. The number of fused-ring (bicyclic) bond motifs is 2. The van der Waals surface area contributed by atoms with Crippen LogP contribution in [0, 0.1) is 34.5 Å². The summed E-state index contributed by atoms with van der Waals surface area (Å²) in [7, 11) is 6.27. The first-order valence-corrected chi connectivity index (χ1v) is 16.3. The Bertz CT molecular complexity index is 1360. The molecular formula is C34H47NO11. The summed E-state index contributed by atoms with van der Waals surface area (Å²) in [5.74, 6) is -3.65. The van der Waals surface area contributed by atoms with Crippen LogP contribution >= 0.6 is 0 Å². The van der Waals surface area contributed by atoms with Crippen molar-refractivity contribution in [2.45, 2.75) is 80.6 Å². The van der Waals surface area contributed by atoms with Crippen molar-refractivity contribution in [3.05, 3.63) is 35.9 Å². The van der Waals surface area contributed by atoms with E-state index in [0.29, 0.717) is 25.1 Å². The number of ether oxygens (including phenoxy) is 6. The third-order valence-corrected chi connectivity index (χ3v) is 13.2. The minimum absolute atomic E-state index is 0.0791. The van der Waals surface area contributed by atoms with Crippen molar-refractivity contribution in [3.63, 3.8) is 0 Å². The molecule has 1 aromatic carbocycles. The number of aliphatic hydroxyl groups is 3. The fourth-order valence-electron chi connectivity index (χ4n) is 12.3. The van der Waals surface area contributed by atoms with Crippen LogP contribution in [-0.4, -0.2) is 134 Å². The van der Waals surface area contributed by atoms with Gasteiger partial charge in [-0.25, -0.2) is 4.79 Å². The summed E-state index contributed by atoms with van der Waals surface area (Å²) in [6.07, 6.45) is -5.49. The predicted octanol–water partition coefficient (Wildman–Crippen LogP) is 0.648. The minimum atomic E-state index is -1.83. The molecule has 5 aliphatic carbocycles. The van der Waals surface area contributed by atoms with Gasteiger partial charge in [0.05, 0.1) is 30.5 Å². The van der Waals surface area contributed by atoms with Crippen molar-refractivity contribution >= 4 is 11.9 Å². The molecule has 15 atom stereocenters. The molecule has 12 heteroatoms. The van der Waals surface area contributed by atoms with Crippen molar-refractivity contribution in [1.82, 2.24) is 4.90 Å². The van der Waals surface area contributed by atoms with Gasteiger partial charge in [-0.05, 0) is 31.0 Å². The van der Waals surface area contributed by atoms with Crippen molar-refractivity contribution in [1.29, 1.82) is 0 Å². The Kier molecular flexibility index (Phi) is 7.69. The second-order valence-corrected chi connectivity index (χ2v) is 14.4. The second kappa shape index (κ2) is 10.9. The topological polar surface area (TPSA) is 153 Å². The number of rotatable bonds is 9. The van der Waals surface area contributed by atoms with Crippen molar-refractivity contribution < 1.29 is 53.3 Å². The van der Waals surface area contributed by atoms with Gasteiger partial charge in [0, 0.05) is 83.0 Å². The van der Waals surface area contributed by atoms with Crippen molar-refractivity contribution in [2.75, 3.05) is 48.1 Å². The van der Waals surface area contributed by atoms with E-state index in [2.05, 4.69) is 4.90 Å². The molecule has 7 rings (SSSR count). The van der Waals surface area contributed by atoms with Gasteiger partial charge in [-0.2, -0.15) is 0 Å². The normalized spacial score (nSPS) is 49.9. The Labute approximate surface area is 269 Å². The maximum absolute atomic E-state index is 13.8. The number of likely N-dealkylation sites (tertiary alicyclic amines) is 1. The van der Waals surface area contributed by atoms with E-state index in [1.165, 1.54) is 14.0 Å². The van der Waals surface area contributed by atoms with E-state index in [4.69, 9.17) is 28.4 Å². The number of methoxy groups -OCH3 is 4. The van der Waals surface area contributed by atoms with E-state index in [9.17, 15) is 24.9 Å². The number of nitrogens with zero attached hydrogens (tertiary/aromatic N) is 1. The molecule has 0 radical (unpaired) electrons. The van der Waals surface area contributed by atoms with Gasteiger partial charge < -0.3 is 43.7 Å². The molecule has 1 saturated heterocycles. The third kappa shape index (κ3) is 3.62. The molecule has 6 fully saturated rings. The highest BCUT2D eigenvalue weighted by molar-refractivity contribution is 5.89. The lowest BCUT2D eigenvalue weighted by Gasteiger charge is -2.70. The third-order valence-electron chi connectivity index (χ3n) is 13.2. The average Bonchev–Trinajstić information content (AvgIpc) is 3.41. The molecule has 254 valence electrons. The molecule has 46 heavy (non-hydrogen) atoms. The average molecular weight is 646 g/mol. The summed E-state index contributed by atoms with van der Waals surface area (Å²) in [5, 5.41) is 37.3. The van der Waals surface area contributed by atoms with Crippen LogP contribution in [0.2, 0.25) is 0 Å². The zero-order valence-electron chi connectivity index (χ0n) is 27.3. The summed E-state index contributed by atoms with van der Waals surface area (Å²) in [6.45, 7) is 4.68. The van der Waals surface area contributed by atoms with Gasteiger partial charge >= 0.3 is 11.9 Å². The largest absolute Gasteiger partial charge is 0.455 e.